The molecule has 1 saturated heterocycles. The third kappa shape index (κ3) is 3.72. The lowest BCUT2D eigenvalue weighted by atomic mass is 9.82. The molecular weight excluding hydrogens is 246 g/mol. The molecule has 112 valence electrons. The number of aromatic nitrogens is 1. The van der Waals surface area contributed by atoms with Crippen LogP contribution in [0.15, 0.2) is 18.3 Å². The maximum Gasteiger partial charge on any atom is 0.0574 e. The van der Waals surface area contributed by atoms with Gasteiger partial charge in [-0.25, -0.2) is 0 Å². The van der Waals surface area contributed by atoms with Gasteiger partial charge < -0.3 is 10.2 Å². The third-order valence-electron chi connectivity index (χ3n) is 4.47. The molecule has 1 aromatic heterocycles. The van der Waals surface area contributed by atoms with Crippen molar-refractivity contribution in [2.45, 2.75) is 53.0 Å². The number of nitrogens with one attached hydrogen (secondary N) is 1. The molecule has 0 saturated carbocycles. The van der Waals surface area contributed by atoms with Crippen molar-refractivity contribution in [2.75, 3.05) is 24.5 Å². The molecule has 3 nitrogen and oxygen atoms in total. The molecular formula is C17H29N3. The molecule has 1 aliphatic heterocycles. The van der Waals surface area contributed by atoms with Gasteiger partial charge in [-0.05, 0) is 43.4 Å². The summed E-state index contributed by atoms with van der Waals surface area (Å²) in [5.74, 6) is 0. The number of rotatable bonds is 5. The van der Waals surface area contributed by atoms with E-state index < -0.39 is 0 Å². The Labute approximate surface area is 123 Å². The summed E-state index contributed by atoms with van der Waals surface area (Å²) in [5.41, 5.74) is 2.94. The fourth-order valence-corrected chi connectivity index (χ4v) is 2.87. The van der Waals surface area contributed by atoms with Crippen LogP contribution < -0.4 is 10.2 Å². The summed E-state index contributed by atoms with van der Waals surface area (Å²) < 4.78 is 0. The van der Waals surface area contributed by atoms with E-state index in [2.05, 4.69) is 55.0 Å². The van der Waals surface area contributed by atoms with Crippen LogP contribution in [-0.2, 0) is 0 Å². The maximum absolute atomic E-state index is 4.68. The van der Waals surface area contributed by atoms with E-state index >= 15 is 0 Å². The third-order valence-corrected chi connectivity index (χ3v) is 4.47. The van der Waals surface area contributed by atoms with Gasteiger partial charge in [0.25, 0.3) is 0 Å². The maximum atomic E-state index is 4.68. The molecule has 1 aliphatic rings. The van der Waals surface area contributed by atoms with Crippen molar-refractivity contribution >= 4 is 5.69 Å². The molecule has 20 heavy (non-hydrogen) atoms. The van der Waals surface area contributed by atoms with Crippen molar-refractivity contribution in [3.05, 3.63) is 24.0 Å². The van der Waals surface area contributed by atoms with Crippen molar-refractivity contribution in [3.8, 4) is 0 Å². The predicted octanol–water partition coefficient (Wildman–Crippen LogP) is 3.77. The number of piperidine rings is 1. The van der Waals surface area contributed by atoms with Gasteiger partial charge in [0.05, 0.1) is 17.6 Å². The average molecular weight is 275 g/mol. The van der Waals surface area contributed by atoms with Gasteiger partial charge >= 0.3 is 0 Å². The second kappa shape index (κ2) is 6.57. The SMILES string of the molecule is CCNC(CC)c1ccc(N2CCC(C)(C)CC2)cn1. The number of nitrogens with zero attached hydrogens (tertiary/aromatic N) is 2. The zero-order valence-corrected chi connectivity index (χ0v) is 13.4. The molecule has 1 N–H and O–H groups in total. The van der Waals surface area contributed by atoms with Gasteiger partial charge in [-0.3, -0.25) is 4.98 Å². The number of anilines is 1. The Morgan fingerprint density at radius 1 is 1.25 bits per heavy atom. The number of hydrogen-bond donors (Lipinski definition) is 1. The second-order valence-electron chi connectivity index (χ2n) is 6.61. The largest absolute Gasteiger partial charge is 0.370 e. The average Bonchev–Trinajstić information content (AvgIpc) is 2.45. The Bertz CT molecular complexity index is 401. The molecule has 0 aliphatic carbocycles. The van der Waals surface area contributed by atoms with Gasteiger partial charge in [0.2, 0.25) is 0 Å². The summed E-state index contributed by atoms with van der Waals surface area (Å²) in [6.07, 6.45) is 5.67. The number of pyridine rings is 1. The quantitative estimate of drug-likeness (QED) is 0.886. The molecule has 0 aromatic carbocycles. The predicted molar refractivity (Wildman–Crippen MR) is 86.2 cm³/mol. The molecule has 0 amide bonds. The van der Waals surface area contributed by atoms with Gasteiger partial charge in [0.1, 0.15) is 0 Å². The van der Waals surface area contributed by atoms with Crippen molar-refractivity contribution in [1.29, 1.82) is 0 Å². The fourth-order valence-electron chi connectivity index (χ4n) is 2.87. The van der Waals surface area contributed by atoms with Gasteiger partial charge in [0, 0.05) is 19.1 Å². The Kier molecular flexibility index (Phi) is 5.03. The van der Waals surface area contributed by atoms with E-state index in [0.29, 0.717) is 11.5 Å². The van der Waals surface area contributed by atoms with E-state index in [-0.39, 0.29) is 0 Å². The van der Waals surface area contributed by atoms with Crippen LogP contribution in [0.2, 0.25) is 0 Å². The van der Waals surface area contributed by atoms with Crippen LogP contribution in [0.4, 0.5) is 5.69 Å². The first-order chi connectivity index (χ1) is 9.55. The smallest absolute Gasteiger partial charge is 0.0574 e. The van der Waals surface area contributed by atoms with Crippen LogP contribution in [0, 0.1) is 5.41 Å². The van der Waals surface area contributed by atoms with E-state index in [1.807, 2.05) is 6.20 Å². The molecule has 2 heterocycles. The minimum atomic E-state index is 0.384. The van der Waals surface area contributed by atoms with Crippen LogP contribution >= 0.6 is 0 Å². The highest BCUT2D eigenvalue weighted by Gasteiger charge is 2.25. The first kappa shape index (κ1) is 15.3. The number of hydrogen-bond acceptors (Lipinski definition) is 3. The summed E-state index contributed by atoms with van der Waals surface area (Å²) in [6.45, 7) is 12.4. The first-order valence-electron chi connectivity index (χ1n) is 8.00. The van der Waals surface area contributed by atoms with Crippen molar-refractivity contribution in [2.24, 2.45) is 5.41 Å². The standard InChI is InChI=1S/C17H29N3/c1-5-15(18-6-2)16-8-7-14(13-19-16)20-11-9-17(3,4)10-12-20/h7-8,13,15,18H,5-6,9-12H2,1-4H3. The highest BCUT2D eigenvalue weighted by Crippen LogP contribution is 2.32. The summed E-state index contributed by atoms with van der Waals surface area (Å²) in [6, 6.07) is 4.81. The Morgan fingerprint density at radius 2 is 1.95 bits per heavy atom. The fraction of sp³-hybridized carbons (Fsp3) is 0.706. The molecule has 1 aromatic rings. The summed E-state index contributed by atoms with van der Waals surface area (Å²) >= 11 is 0. The van der Waals surface area contributed by atoms with Crippen LogP contribution in [0.1, 0.15) is 58.7 Å². The van der Waals surface area contributed by atoms with E-state index in [4.69, 9.17) is 0 Å². The topological polar surface area (TPSA) is 28.2 Å². The van der Waals surface area contributed by atoms with Crippen LogP contribution in [0.3, 0.4) is 0 Å². The lowest BCUT2D eigenvalue weighted by Crippen LogP contribution is -2.37. The normalized spacial score (nSPS) is 19.9. The lowest BCUT2D eigenvalue weighted by Gasteiger charge is -2.38. The molecule has 1 unspecified atom stereocenters. The summed E-state index contributed by atoms with van der Waals surface area (Å²) in [4.78, 5) is 7.14. The first-order valence-corrected chi connectivity index (χ1v) is 8.00. The summed E-state index contributed by atoms with van der Waals surface area (Å²) in [5, 5.41) is 3.48. The van der Waals surface area contributed by atoms with Crippen LogP contribution in [0.25, 0.3) is 0 Å². The lowest BCUT2D eigenvalue weighted by molar-refractivity contribution is 0.280. The van der Waals surface area contributed by atoms with Gasteiger partial charge in [-0.2, -0.15) is 0 Å². The van der Waals surface area contributed by atoms with Crippen molar-refractivity contribution in [3.63, 3.8) is 0 Å². The van der Waals surface area contributed by atoms with Gasteiger partial charge in [-0.15, -0.1) is 0 Å². The zero-order valence-electron chi connectivity index (χ0n) is 13.4. The monoisotopic (exact) mass is 275 g/mol. The highest BCUT2D eigenvalue weighted by molar-refractivity contribution is 5.45. The molecule has 0 spiro atoms. The molecule has 3 heteroatoms. The van der Waals surface area contributed by atoms with E-state index in [1.165, 1.54) is 18.5 Å². The molecule has 1 fully saturated rings. The molecule has 2 rings (SSSR count). The minimum absolute atomic E-state index is 0.384. The van der Waals surface area contributed by atoms with E-state index in [0.717, 1.165) is 31.7 Å². The Morgan fingerprint density at radius 3 is 2.45 bits per heavy atom. The van der Waals surface area contributed by atoms with E-state index in [1.54, 1.807) is 0 Å². The Hall–Kier alpha value is -1.09. The molecule has 0 bridgehead atoms. The second-order valence-corrected chi connectivity index (χ2v) is 6.61. The summed E-state index contributed by atoms with van der Waals surface area (Å²) in [7, 11) is 0. The Balaban J connectivity index is 2.01. The van der Waals surface area contributed by atoms with Crippen LogP contribution in [-0.4, -0.2) is 24.6 Å². The van der Waals surface area contributed by atoms with Gasteiger partial charge in [0.15, 0.2) is 0 Å². The minimum Gasteiger partial charge on any atom is -0.370 e. The zero-order chi connectivity index (χ0) is 14.6. The molecule has 0 radical (unpaired) electrons. The van der Waals surface area contributed by atoms with E-state index in [9.17, 15) is 0 Å². The van der Waals surface area contributed by atoms with Crippen molar-refractivity contribution in [1.82, 2.24) is 10.3 Å². The van der Waals surface area contributed by atoms with Crippen molar-refractivity contribution < 1.29 is 0 Å². The highest BCUT2D eigenvalue weighted by atomic mass is 15.1. The van der Waals surface area contributed by atoms with Crippen LogP contribution in [0.5, 0.6) is 0 Å². The van der Waals surface area contributed by atoms with Gasteiger partial charge in [-0.1, -0.05) is 27.7 Å². The molecule has 1 atom stereocenters.